The molecule has 2 aliphatic carbocycles. The van der Waals surface area contributed by atoms with Crippen LogP contribution in [-0.4, -0.2) is 33.2 Å². The molecule has 0 atom stereocenters. The summed E-state index contributed by atoms with van der Waals surface area (Å²) in [5.74, 6) is 0.192. The first-order valence-electron chi connectivity index (χ1n) is 10.4. The Morgan fingerprint density at radius 2 is 2.00 bits per heavy atom. The molecule has 156 valence electrons. The van der Waals surface area contributed by atoms with E-state index in [-0.39, 0.29) is 11.9 Å². The van der Waals surface area contributed by atoms with Gasteiger partial charge in [0.2, 0.25) is 0 Å². The molecule has 1 amide bonds. The molecule has 2 fully saturated rings. The Labute approximate surface area is 178 Å². The number of hydrogen-bond acceptors (Lipinski definition) is 6. The maximum atomic E-state index is 13.4. The van der Waals surface area contributed by atoms with Crippen molar-refractivity contribution in [2.75, 3.05) is 11.9 Å². The molecule has 0 radical (unpaired) electrons. The Bertz CT molecular complexity index is 1170. The number of aryl methyl sites for hydroxylation is 2. The Morgan fingerprint density at radius 3 is 2.67 bits per heavy atom. The number of esters is 1. The highest BCUT2D eigenvalue weighted by Crippen LogP contribution is 2.46. The lowest BCUT2D eigenvalue weighted by atomic mass is 10.1. The fourth-order valence-corrected chi connectivity index (χ4v) is 5.00. The van der Waals surface area contributed by atoms with Crippen molar-refractivity contribution in [3.8, 4) is 0 Å². The number of nitrogens with one attached hydrogen (secondary N) is 1. The van der Waals surface area contributed by atoms with E-state index < -0.39 is 0 Å². The first-order chi connectivity index (χ1) is 14.5. The molecule has 3 aromatic rings. The number of nitrogens with zero attached hydrogens (tertiary/aromatic N) is 3. The van der Waals surface area contributed by atoms with E-state index in [0.717, 1.165) is 53.7 Å². The zero-order valence-corrected chi connectivity index (χ0v) is 18.1. The van der Waals surface area contributed by atoms with Crippen LogP contribution in [0.15, 0.2) is 11.4 Å². The van der Waals surface area contributed by atoms with Crippen molar-refractivity contribution < 1.29 is 14.3 Å². The smallest absolute Gasteiger partial charge is 0.341 e. The topological polar surface area (TPSA) is 86.1 Å². The summed E-state index contributed by atoms with van der Waals surface area (Å²) in [5, 5.41) is 10.8. The summed E-state index contributed by atoms with van der Waals surface area (Å²) in [6, 6.07) is 1.89. The third kappa shape index (κ3) is 3.29. The van der Waals surface area contributed by atoms with Gasteiger partial charge in [-0.2, -0.15) is 5.10 Å². The van der Waals surface area contributed by atoms with Crippen molar-refractivity contribution in [3.05, 3.63) is 39.5 Å². The summed E-state index contributed by atoms with van der Waals surface area (Å²) in [4.78, 5) is 30.8. The molecule has 5 rings (SSSR count). The number of amides is 1. The molecule has 8 heteroatoms. The highest BCUT2D eigenvalue weighted by molar-refractivity contribution is 7.15. The molecule has 2 saturated carbocycles. The maximum Gasteiger partial charge on any atom is 0.341 e. The molecule has 2 aliphatic rings. The van der Waals surface area contributed by atoms with Gasteiger partial charge in [0.1, 0.15) is 5.00 Å². The molecule has 30 heavy (non-hydrogen) atoms. The number of rotatable bonds is 6. The summed E-state index contributed by atoms with van der Waals surface area (Å²) < 4.78 is 7.01. The monoisotopic (exact) mass is 424 g/mol. The zero-order chi connectivity index (χ0) is 21.0. The van der Waals surface area contributed by atoms with Crippen LogP contribution in [0.2, 0.25) is 0 Å². The highest BCUT2D eigenvalue weighted by atomic mass is 32.1. The minimum Gasteiger partial charge on any atom is -0.462 e. The zero-order valence-electron chi connectivity index (χ0n) is 17.3. The molecule has 3 heterocycles. The number of carbonyl (C=O) groups excluding carboxylic acids is 2. The van der Waals surface area contributed by atoms with E-state index in [9.17, 15) is 9.59 Å². The minimum atomic E-state index is -0.368. The van der Waals surface area contributed by atoms with Crippen molar-refractivity contribution in [2.24, 2.45) is 7.05 Å². The predicted octanol–water partition coefficient (Wildman–Crippen LogP) is 4.52. The van der Waals surface area contributed by atoms with Crippen LogP contribution in [0.3, 0.4) is 0 Å². The summed E-state index contributed by atoms with van der Waals surface area (Å²) >= 11 is 1.39. The van der Waals surface area contributed by atoms with Crippen LogP contribution in [0.5, 0.6) is 0 Å². The van der Waals surface area contributed by atoms with Gasteiger partial charge in [-0.3, -0.25) is 9.48 Å². The first-order valence-corrected chi connectivity index (χ1v) is 11.3. The van der Waals surface area contributed by atoms with Crippen molar-refractivity contribution in [1.29, 1.82) is 0 Å². The number of anilines is 1. The van der Waals surface area contributed by atoms with E-state index in [1.807, 2.05) is 25.4 Å². The SMILES string of the molecule is CCOC(=O)c1c(C2CC2)csc1NC(=O)c1cc(C2CC2)nc2c1c(C)nn2C. The van der Waals surface area contributed by atoms with Gasteiger partial charge in [0, 0.05) is 18.7 Å². The molecule has 3 aromatic heterocycles. The number of ether oxygens (including phenoxy) is 1. The fraction of sp³-hybridized carbons (Fsp3) is 0.455. The number of hydrogen-bond donors (Lipinski definition) is 1. The number of pyridine rings is 1. The second-order valence-electron chi connectivity index (χ2n) is 8.12. The second kappa shape index (κ2) is 7.19. The van der Waals surface area contributed by atoms with Crippen LogP contribution >= 0.6 is 11.3 Å². The quantitative estimate of drug-likeness (QED) is 0.588. The van der Waals surface area contributed by atoms with Crippen LogP contribution in [0.25, 0.3) is 11.0 Å². The first kappa shape index (κ1) is 19.2. The third-order valence-corrected chi connectivity index (χ3v) is 6.69. The molecule has 0 aliphatic heterocycles. The molecule has 1 N–H and O–H groups in total. The molecule has 0 unspecified atom stereocenters. The summed E-state index contributed by atoms with van der Waals surface area (Å²) in [5.41, 5.74) is 4.48. The normalized spacial score (nSPS) is 16.1. The maximum absolute atomic E-state index is 13.4. The van der Waals surface area contributed by atoms with Gasteiger partial charge in [-0.05, 0) is 62.5 Å². The third-order valence-electron chi connectivity index (χ3n) is 5.77. The largest absolute Gasteiger partial charge is 0.462 e. The van der Waals surface area contributed by atoms with E-state index in [0.29, 0.717) is 34.6 Å². The predicted molar refractivity (Wildman–Crippen MR) is 115 cm³/mol. The summed E-state index contributed by atoms with van der Waals surface area (Å²) in [7, 11) is 1.85. The van der Waals surface area contributed by atoms with E-state index in [4.69, 9.17) is 9.72 Å². The standard InChI is InChI=1S/C22H24N4O3S/c1-4-29-22(28)18-15(12-5-6-12)10-30-21(18)24-20(27)14-9-16(13-7-8-13)23-19-17(14)11(2)25-26(19)3/h9-10,12-13H,4-8H2,1-3H3,(H,24,27). The summed E-state index contributed by atoms with van der Waals surface area (Å²) in [6.45, 7) is 3.98. The van der Waals surface area contributed by atoms with E-state index in [1.165, 1.54) is 11.3 Å². The van der Waals surface area contributed by atoms with Gasteiger partial charge in [-0.1, -0.05) is 0 Å². The van der Waals surface area contributed by atoms with E-state index in [2.05, 4.69) is 10.4 Å². The van der Waals surface area contributed by atoms with Crippen LogP contribution in [-0.2, 0) is 11.8 Å². The van der Waals surface area contributed by atoms with Gasteiger partial charge >= 0.3 is 5.97 Å². The van der Waals surface area contributed by atoms with Crippen LogP contribution in [0.1, 0.15) is 82.1 Å². The van der Waals surface area contributed by atoms with Crippen LogP contribution < -0.4 is 5.32 Å². The molecule has 0 saturated heterocycles. The molecule has 0 spiro atoms. The van der Waals surface area contributed by atoms with Crippen molar-refractivity contribution in [1.82, 2.24) is 14.8 Å². The van der Waals surface area contributed by atoms with Gasteiger partial charge in [-0.15, -0.1) is 11.3 Å². The second-order valence-corrected chi connectivity index (χ2v) is 9.00. The average molecular weight is 425 g/mol. The lowest BCUT2D eigenvalue weighted by Crippen LogP contribution is -2.16. The van der Waals surface area contributed by atoms with Gasteiger partial charge in [-0.25, -0.2) is 9.78 Å². The van der Waals surface area contributed by atoms with Gasteiger partial charge in [0.05, 0.1) is 28.8 Å². The molecular formula is C22H24N4O3S. The fourth-order valence-electron chi connectivity index (χ4n) is 3.97. The lowest BCUT2D eigenvalue weighted by Gasteiger charge is -2.10. The summed E-state index contributed by atoms with van der Waals surface area (Å²) in [6.07, 6.45) is 4.33. The van der Waals surface area contributed by atoms with Crippen molar-refractivity contribution in [2.45, 2.75) is 51.4 Å². The molecule has 0 bridgehead atoms. The Kier molecular flexibility index (Phi) is 4.61. The van der Waals surface area contributed by atoms with E-state index in [1.54, 1.807) is 11.6 Å². The van der Waals surface area contributed by atoms with Gasteiger partial charge in [0.25, 0.3) is 5.91 Å². The van der Waals surface area contributed by atoms with Crippen molar-refractivity contribution >= 4 is 39.2 Å². The number of carbonyl (C=O) groups is 2. The molecular weight excluding hydrogens is 400 g/mol. The number of aromatic nitrogens is 3. The molecule has 0 aromatic carbocycles. The van der Waals surface area contributed by atoms with Gasteiger partial charge in [0.15, 0.2) is 5.65 Å². The average Bonchev–Trinajstić information content (AvgIpc) is 3.64. The number of thiophene rings is 1. The van der Waals surface area contributed by atoms with Crippen molar-refractivity contribution in [3.63, 3.8) is 0 Å². The highest BCUT2D eigenvalue weighted by Gasteiger charge is 2.33. The van der Waals surface area contributed by atoms with Crippen LogP contribution in [0, 0.1) is 6.92 Å². The van der Waals surface area contributed by atoms with Crippen LogP contribution in [0.4, 0.5) is 5.00 Å². The number of fused-ring (bicyclic) bond motifs is 1. The Balaban J connectivity index is 1.55. The Hall–Kier alpha value is -2.74. The van der Waals surface area contributed by atoms with Gasteiger partial charge < -0.3 is 10.1 Å². The van der Waals surface area contributed by atoms with E-state index >= 15 is 0 Å². The minimum absolute atomic E-state index is 0.241. The lowest BCUT2D eigenvalue weighted by molar-refractivity contribution is 0.0527. The molecule has 7 nitrogen and oxygen atoms in total. The Morgan fingerprint density at radius 1 is 1.27 bits per heavy atom.